The van der Waals surface area contributed by atoms with Gasteiger partial charge in [-0.2, -0.15) is 15.3 Å². The number of amides is 1. The maximum Gasteiger partial charge on any atom is 0.272 e. The first-order valence-electron chi connectivity index (χ1n) is 16.9. The molecule has 1 amide bonds. The van der Waals surface area contributed by atoms with E-state index >= 15 is 0 Å². The Labute approximate surface area is 287 Å². The van der Waals surface area contributed by atoms with E-state index in [9.17, 15) is 10.1 Å². The van der Waals surface area contributed by atoms with Crippen LogP contribution < -0.4 is 15.8 Å². The third-order valence-corrected chi connectivity index (χ3v) is 11.6. The molecule has 2 fully saturated rings. The number of anilines is 1. The number of hydrogen-bond acceptors (Lipinski definition) is 13. The average molecular weight is 686 g/mol. The fraction of sp³-hybridized carbons (Fsp3) is 0.529. The van der Waals surface area contributed by atoms with Gasteiger partial charge < -0.3 is 29.8 Å². The number of rotatable bonds is 8. The molecule has 15 heteroatoms. The number of hydrogen-bond donors (Lipinski definition) is 2. The highest BCUT2D eigenvalue weighted by atomic mass is 32.1. The number of nitrogens with zero attached hydrogens (tertiary/aromatic N) is 7. The van der Waals surface area contributed by atoms with Crippen LogP contribution in [0.1, 0.15) is 76.3 Å². The maximum atomic E-state index is 13.0. The molecule has 256 valence electrons. The summed E-state index contributed by atoms with van der Waals surface area (Å²) in [5.74, 6) is 1.26. The van der Waals surface area contributed by atoms with E-state index < -0.39 is 5.41 Å². The molecule has 3 N–H and O–H groups in total. The predicted molar refractivity (Wildman–Crippen MR) is 179 cm³/mol. The molecule has 0 unspecified atom stereocenters. The van der Waals surface area contributed by atoms with Gasteiger partial charge in [0, 0.05) is 48.4 Å². The SMILES string of the molecule is CO[C@H]1CCN(C)[C@@H]1COc1cc(-n2ccc(C(=O)N[C@@H]3CCOC3)n2)nc(-c2onc3c2CCC[C@@]32CCCc3sc(N)c(C#N)c32)n1. The van der Waals surface area contributed by atoms with E-state index in [0.717, 1.165) is 79.6 Å². The summed E-state index contributed by atoms with van der Waals surface area (Å²) < 4.78 is 25.2. The van der Waals surface area contributed by atoms with Crippen LogP contribution in [-0.4, -0.2) is 94.4 Å². The lowest BCUT2D eigenvalue weighted by atomic mass is 9.62. The van der Waals surface area contributed by atoms with Crippen molar-refractivity contribution in [3.8, 4) is 29.4 Å². The number of aryl methyl sites for hydroxylation is 1. The third-order valence-electron chi connectivity index (χ3n) is 10.6. The highest BCUT2D eigenvalue weighted by molar-refractivity contribution is 7.16. The number of nitrogen functional groups attached to an aromatic ring is 1. The summed E-state index contributed by atoms with van der Waals surface area (Å²) in [6, 6.07) is 5.77. The second kappa shape index (κ2) is 12.8. The lowest BCUT2D eigenvalue weighted by Gasteiger charge is -2.39. The number of aromatic nitrogens is 5. The van der Waals surface area contributed by atoms with Crippen LogP contribution in [0.3, 0.4) is 0 Å². The van der Waals surface area contributed by atoms with Gasteiger partial charge in [0.25, 0.3) is 5.91 Å². The number of methoxy groups -OCH3 is 1. The van der Waals surface area contributed by atoms with Crippen molar-refractivity contribution in [2.24, 2.45) is 0 Å². The summed E-state index contributed by atoms with van der Waals surface area (Å²) >= 11 is 1.52. The molecule has 4 aromatic heterocycles. The minimum absolute atomic E-state index is 0.0381. The summed E-state index contributed by atoms with van der Waals surface area (Å²) in [5.41, 5.74) is 9.53. The monoisotopic (exact) mass is 685 g/mol. The van der Waals surface area contributed by atoms with Crippen molar-refractivity contribution in [2.45, 2.75) is 75.0 Å². The molecule has 2 aliphatic carbocycles. The van der Waals surface area contributed by atoms with Gasteiger partial charge in [0.05, 0.1) is 36.1 Å². The molecule has 1 spiro atoms. The topological polar surface area (TPSA) is 179 Å². The zero-order chi connectivity index (χ0) is 33.7. The van der Waals surface area contributed by atoms with E-state index in [1.54, 1.807) is 30.1 Å². The molecule has 4 aliphatic rings. The first-order valence-corrected chi connectivity index (χ1v) is 17.7. The number of thiophene rings is 1. The summed E-state index contributed by atoms with van der Waals surface area (Å²) in [5, 5.41) is 22.9. The zero-order valence-electron chi connectivity index (χ0n) is 27.6. The van der Waals surface area contributed by atoms with Crippen molar-refractivity contribution in [1.82, 2.24) is 35.1 Å². The molecular formula is C34H39N9O5S. The minimum atomic E-state index is -0.449. The van der Waals surface area contributed by atoms with E-state index in [-0.39, 0.29) is 29.8 Å². The smallest absolute Gasteiger partial charge is 0.272 e. The predicted octanol–water partition coefficient (Wildman–Crippen LogP) is 3.41. The van der Waals surface area contributed by atoms with Crippen molar-refractivity contribution < 1.29 is 23.5 Å². The summed E-state index contributed by atoms with van der Waals surface area (Å²) in [6.45, 7) is 2.39. The van der Waals surface area contributed by atoms with Gasteiger partial charge in [0.15, 0.2) is 11.5 Å². The standard InChI is InChI=1S/C34H39N9O5S/c1-42-12-8-24(45-2)23(42)18-47-27-15-26(43-13-7-22(40-43)33(44)37-19-9-14-46-17-19)38-32(39-27)29-20-5-3-10-34(30(20)41-48-29)11-4-6-25-28(34)21(16-35)31(36)49-25/h7,13,15,19,23-24H,3-6,8-12,14,17-18,36H2,1-2H3,(H,37,44)/t19-,23-,24+,34+/m1/s1. The lowest BCUT2D eigenvalue weighted by Crippen LogP contribution is -2.38. The second-order valence-corrected chi connectivity index (χ2v) is 14.5. The molecular weight excluding hydrogens is 646 g/mol. The van der Waals surface area contributed by atoms with Crippen molar-refractivity contribution in [1.29, 1.82) is 5.26 Å². The quantitative estimate of drug-likeness (QED) is 0.277. The number of fused-ring (bicyclic) bond motifs is 4. The number of likely N-dealkylation sites (N-methyl/N-ethyl adjacent to an activating group) is 1. The Bertz CT molecular complexity index is 1920. The van der Waals surface area contributed by atoms with E-state index in [4.69, 9.17) is 39.6 Å². The Morgan fingerprint density at radius 1 is 1.27 bits per heavy atom. The molecule has 0 saturated carbocycles. The van der Waals surface area contributed by atoms with Crippen LogP contribution in [0.25, 0.3) is 17.4 Å². The van der Waals surface area contributed by atoms with Crippen LogP contribution in [0.4, 0.5) is 5.00 Å². The fourth-order valence-corrected chi connectivity index (χ4v) is 9.23. The van der Waals surface area contributed by atoms with Gasteiger partial charge in [-0.1, -0.05) is 5.16 Å². The first kappa shape index (κ1) is 31.9. The number of ether oxygens (including phenoxy) is 3. The normalized spacial score (nSPS) is 24.9. The number of nitrogens with two attached hydrogens (primary N) is 1. The summed E-state index contributed by atoms with van der Waals surface area (Å²) in [6.07, 6.45) is 8.65. The molecule has 14 nitrogen and oxygen atoms in total. The number of nitrogens with one attached hydrogen (secondary N) is 1. The van der Waals surface area contributed by atoms with Gasteiger partial charge in [-0.3, -0.25) is 9.69 Å². The number of carbonyl (C=O) groups excluding carboxylic acids is 1. The number of nitriles is 1. The molecule has 6 heterocycles. The Hall–Kier alpha value is -4.36. The Kier molecular flexibility index (Phi) is 8.35. The fourth-order valence-electron chi connectivity index (χ4n) is 8.07. The highest BCUT2D eigenvalue weighted by Gasteiger charge is 2.48. The van der Waals surface area contributed by atoms with E-state index in [2.05, 4.69) is 28.4 Å². The summed E-state index contributed by atoms with van der Waals surface area (Å²) in [7, 11) is 3.78. The molecule has 2 saturated heterocycles. The zero-order valence-corrected chi connectivity index (χ0v) is 28.4. The van der Waals surface area contributed by atoms with Gasteiger partial charge in [0.1, 0.15) is 17.7 Å². The van der Waals surface area contributed by atoms with Crippen LogP contribution >= 0.6 is 11.3 Å². The third kappa shape index (κ3) is 5.56. The van der Waals surface area contributed by atoms with Crippen molar-refractivity contribution in [3.05, 3.63) is 51.3 Å². The molecule has 4 atom stereocenters. The molecule has 0 bridgehead atoms. The summed E-state index contributed by atoms with van der Waals surface area (Å²) in [4.78, 5) is 26.1. The maximum absolute atomic E-state index is 13.0. The molecule has 8 rings (SSSR count). The van der Waals surface area contributed by atoms with Gasteiger partial charge >= 0.3 is 0 Å². The van der Waals surface area contributed by atoms with Gasteiger partial charge in [-0.25, -0.2) is 9.67 Å². The first-order chi connectivity index (χ1) is 23.9. The molecule has 0 radical (unpaired) electrons. The van der Waals surface area contributed by atoms with Crippen LogP contribution in [0.15, 0.2) is 22.9 Å². The van der Waals surface area contributed by atoms with Gasteiger partial charge in [-0.15, -0.1) is 11.3 Å². The number of likely N-dealkylation sites (tertiary alicyclic amines) is 1. The van der Waals surface area contributed by atoms with Gasteiger partial charge in [-0.05, 0) is 70.0 Å². The van der Waals surface area contributed by atoms with E-state index in [1.165, 1.54) is 11.3 Å². The average Bonchev–Trinajstić information content (AvgIpc) is 3.95. The van der Waals surface area contributed by atoms with E-state index in [1.807, 2.05) is 0 Å². The van der Waals surface area contributed by atoms with Crippen molar-refractivity contribution >= 4 is 22.2 Å². The van der Waals surface area contributed by atoms with Crippen LogP contribution in [-0.2, 0) is 27.7 Å². The Morgan fingerprint density at radius 3 is 2.92 bits per heavy atom. The largest absolute Gasteiger partial charge is 0.476 e. The van der Waals surface area contributed by atoms with Crippen LogP contribution in [0.2, 0.25) is 0 Å². The second-order valence-electron chi connectivity index (χ2n) is 13.4. The molecule has 2 aliphatic heterocycles. The Morgan fingerprint density at radius 2 is 2.12 bits per heavy atom. The van der Waals surface area contributed by atoms with Crippen LogP contribution in [0.5, 0.6) is 5.88 Å². The number of carbonyl (C=O) groups is 1. The van der Waals surface area contributed by atoms with Gasteiger partial charge in [0.2, 0.25) is 17.5 Å². The molecule has 49 heavy (non-hydrogen) atoms. The van der Waals surface area contributed by atoms with E-state index in [0.29, 0.717) is 53.7 Å². The van der Waals surface area contributed by atoms with Crippen LogP contribution in [0, 0.1) is 11.3 Å². The minimum Gasteiger partial charge on any atom is -0.476 e. The highest BCUT2D eigenvalue weighted by Crippen LogP contribution is 2.54. The molecule has 0 aromatic carbocycles. The Balaban J connectivity index is 1.17. The lowest BCUT2D eigenvalue weighted by molar-refractivity contribution is 0.0489. The van der Waals surface area contributed by atoms with Crippen molar-refractivity contribution in [3.63, 3.8) is 0 Å². The van der Waals surface area contributed by atoms with Crippen molar-refractivity contribution in [2.75, 3.05) is 46.3 Å². The molecule has 4 aromatic rings.